The lowest BCUT2D eigenvalue weighted by atomic mass is 10.1. The molecule has 0 spiro atoms. The number of para-hydroxylation sites is 3. The second kappa shape index (κ2) is 12.0. The van der Waals surface area contributed by atoms with Gasteiger partial charge in [-0.1, -0.05) is 42.0 Å². The molecular formula is C26H26N4O5. The van der Waals surface area contributed by atoms with Crippen LogP contribution < -0.4 is 25.5 Å². The average Bonchev–Trinajstić information content (AvgIpc) is 2.85. The smallest absolute Gasteiger partial charge is 0.329 e. The van der Waals surface area contributed by atoms with Crippen molar-refractivity contribution >= 4 is 35.3 Å². The quantitative estimate of drug-likeness (QED) is 0.263. The number of hydrazone groups is 1. The Kier molecular flexibility index (Phi) is 8.55. The van der Waals surface area contributed by atoms with Crippen molar-refractivity contribution in [1.82, 2.24) is 5.43 Å². The van der Waals surface area contributed by atoms with Gasteiger partial charge in [-0.15, -0.1) is 0 Å². The maximum absolute atomic E-state index is 12.3. The van der Waals surface area contributed by atoms with Crippen molar-refractivity contribution in [2.75, 3.05) is 24.4 Å². The van der Waals surface area contributed by atoms with Crippen molar-refractivity contribution in [1.29, 1.82) is 0 Å². The standard InChI is InChI=1S/C26H26N4O5/c1-17-12-13-20(18(2)14-17)28-24(31)16-35-22-10-6-4-8-19(22)15-27-30-26(33)25(32)29-21-9-5-7-11-23(21)34-3/h4-15H,16H2,1-3H3,(H,28,31)(H,29,32)(H,30,33)/b27-15-. The fourth-order valence-electron chi connectivity index (χ4n) is 3.14. The Morgan fingerprint density at radius 3 is 2.31 bits per heavy atom. The van der Waals surface area contributed by atoms with Gasteiger partial charge in [-0.2, -0.15) is 5.10 Å². The molecule has 9 nitrogen and oxygen atoms in total. The first-order valence-corrected chi connectivity index (χ1v) is 10.7. The van der Waals surface area contributed by atoms with E-state index in [0.29, 0.717) is 28.4 Å². The first-order valence-electron chi connectivity index (χ1n) is 10.7. The van der Waals surface area contributed by atoms with Gasteiger partial charge in [-0.05, 0) is 49.7 Å². The summed E-state index contributed by atoms with van der Waals surface area (Å²) < 4.78 is 10.8. The molecule has 0 unspecified atom stereocenters. The van der Waals surface area contributed by atoms with E-state index in [-0.39, 0.29) is 12.5 Å². The van der Waals surface area contributed by atoms with E-state index in [1.165, 1.54) is 13.3 Å². The third kappa shape index (κ3) is 7.16. The molecule has 180 valence electrons. The molecule has 9 heteroatoms. The molecule has 0 aliphatic rings. The molecule has 3 rings (SSSR count). The van der Waals surface area contributed by atoms with Gasteiger partial charge < -0.3 is 20.1 Å². The zero-order chi connectivity index (χ0) is 25.2. The van der Waals surface area contributed by atoms with Gasteiger partial charge in [0.1, 0.15) is 11.5 Å². The van der Waals surface area contributed by atoms with E-state index in [1.54, 1.807) is 48.5 Å². The van der Waals surface area contributed by atoms with Crippen LogP contribution in [-0.4, -0.2) is 37.7 Å². The van der Waals surface area contributed by atoms with Crippen molar-refractivity contribution in [3.05, 3.63) is 83.4 Å². The molecule has 0 heterocycles. The summed E-state index contributed by atoms with van der Waals surface area (Å²) in [4.78, 5) is 36.6. The summed E-state index contributed by atoms with van der Waals surface area (Å²) in [5.41, 5.74) is 5.81. The lowest BCUT2D eigenvalue weighted by molar-refractivity contribution is -0.136. The first kappa shape index (κ1) is 25.0. The van der Waals surface area contributed by atoms with E-state index < -0.39 is 11.8 Å². The maximum Gasteiger partial charge on any atom is 0.329 e. The van der Waals surface area contributed by atoms with Crippen molar-refractivity contribution in [2.45, 2.75) is 13.8 Å². The monoisotopic (exact) mass is 474 g/mol. The second-order valence-corrected chi connectivity index (χ2v) is 7.55. The predicted octanol–water partition coefficient (Wildman–Crippen LogP) is 3.42. The van der Waals surface area contributed by atoms with Crippen LogP contribution in [-0.2, 0) is 14.4 Å². The van der Waals surface area contributed by atoms with E-state index in [9.17, 15) is 14.4 Å². The molecular weight excluding hydrogens is 448 g/mol. The summed E-state index contributed by atoms with van der Waals surface area (Å²) in [5.74, 6) is -1.37. The second-order valence-electron chi connectivity index (χ2n) is 7.55. The maximum atomic E-state index is 12.3. The number of benzene rings is 3. The van der Waals surface area contributed by atoms with Crippen molar-refractivity contribution < 1.29 is 23.9 Å². The molecule has 0 aromatic heterocycles. The number of ether oxygens (including phenoxy) is 2. The van der Waals surface area contributed by atoms with Crippen molar-refractivity contribution in [3.63, 3.8) is 0 Å². The third-order valence-corrected chi connectivity index (χ3v) is 4.86. The van der Waals surface area contributed by atoms with Gasteiger partial charge in [0.25, 0.3) is 5.91 Å². The first-order chi connectivity index (χ1) is 16.9. The number of aryl methyl sites for hydroxylation is 2. The van der Waals surface area contributed by atoms with Crippen molar-refractivity contribution in [2.24, 2.45) is 5.10 Å². The van der Waals surface area contributed by atoms with Crippen LogP contribution in [0.3, 0.4) is 0 Å². The molecule has 35 heavy (non-hydrogen) atoms. The molecule has 0 aliphatic carbocycles. The van der Waals surface area contributed by atoms with Crippen LogP contribution in [0, 0.1) is 13.8 Å². The summed E-state index contributed by atoms with van der Waals surface area (Å²) >= 11 is 0. The van der Waals surface area contributed by atoms with E-state index >= 15 is 0 Å². The zero-order valence-corrected chi connectivity index (χ0v) is 19.6. The average molecular weight is 475 g/mol. The minimum atomic E-state index is -0.960. The van der Waals surface area contributed by atoms with Crippen LogP contribution in [0.25, 0.3) is 0 Å². The van der Waals surface area contributed by atoms with E-state index in [2.05, 4.69) is 21.2 Å². The molecule has 0 saturated heterocycles. The van der Waals surface area contributed by atoms with Gasteiger partial charge in [0, 0.05) is 11.3 Å². The number of rotatable bonds is 8. The zero-order valence-electron chi connectivity index (χ0n) is 19.6. The van der Waals surface area contributed by atoms with E-state index in [4.69, 9.17) is 9.47 Å². The highest BCUT2D eigenvalue weighted by Gasteiger charge is 2.15. The van der Waals surface area contributed by atoms with Gasteiger partial charge in [0.15, 0.2) is 6.61 Å². The number of nitrogens with zero attached hydrogens (tertiary/aromatic N) is 1. The SMILES string of the molecule is COc1ccccc1NC(=O)C(=O)N/N=C\c1ccccc1OCC(=O)Nc1ccc(C)cc1C. The molecule has 0 atom stereocenters. The van der Waals surface area contributed by atoms with Crippen LogP contribution in [0.1, 0.15) is 16.7 Å². The number of anilines is 2. The summed E-state index contributed by atoms with van der Waals surface area (Å²) in [7, 11) is 1.46. The summed E-state index contributed by atoms with van der Waals surface area (Å²) in [6.07, 6.45) is 1.33. The topological polar surface area (TPSA) is 118 Å². The number of nitrogens with one attached hydrogen (secondary N) is 3. The Morgan fingerprint density at radius 1 is 0.857 bits per heavy atom. The molecule has 0 bridgehead atoms. The van der Waals surface area contributed by atoms with E-state index in [0.717, 1.165) is 11.1 Å². The molecule has 3 aromatic rings. The highest BCUT2D eigenvalue weighted by molar-refractivity contribution is 6.39. The number of hydrogen-bond acceptors (Lipinski definition) is 6. The number of hydrogen-bond donors (Lipinski definition) is 3. The minimum Gasteiger partial charge on any atom is -0.495 e. The summed E-state index contributed by atoms with van der Waals surface area (Å²) in [6, 6.07) is 19.3. The summed E-state index contributed by atoms with van der Waals surface area (Å²) in [6.45, 7) is 3.68. The third-order valence-electron chi connectivity index (χ3n) is 4.86. The van der Waals surface area contributed by atoms with Crippen LogP contribution >= 0.6 is 0 Å². The summed E-state index contributed by atoms with van der Waals surface area (Å²) in [5, 5.41) is 9.10. The van der Waals surface area contributed by atoms with Gasteiger partial charge in [0.05, 0.1) is 19.0 Å². The van der Waals surface area contributed by atoms with Crippen molar-refractivity contribution in [3.8, 4) is 11.5 Å². The Bertz CT molecular complexity index is 1260. The van der Waals surface area contributed by atoms with Gasteiger partial charge in [-0.25, -0.2) is 5.43 Å². The normalized spacial score (nSPS) is 10.5. The van der Waals surface area contributed by atoms with Crippen LogP contribution in [0.4, 0.5) is 11.4 Å². The Labute approximate surface area is 203 Å². The molecule has 0 saturated carbocycles. The number of amides is 3. The molecule has 3 amide bonds. The molecule has 3 N–H and O–H groups in total. The van der Waals surface area contributed by atoms with Gasteiger partial charge >= 0.3 is 11.8 Å². The van der Waals surface area contributed by atoms with Gasteiger partial charge in [-0.3, -0.25) is 14.4 Å². The Balaban J connectivity index is 1.55. The number of methoxy groups -OCH3 is 1. The van der Waals surface area contributed by atoms with E-state index in [1.807, 2.05) is 32.0 Å². The lowest BCUT2D eigenvalue weighted by Crippen LogP contribution is -2.32. The molecule has 0 fully saturated rings. The predicted molar refractivity (Wildman–Crippen MR) is 134 cm³/mol. The highest BCUT2D eigenvalue weighted by Crippen LogP contribution is 2.23. The fourth-order valence-corrected chi connectivity index (χ4v) is 3.14. The van der Waals surface area contributed by atoms with Crippen LogP contribution in [0.5, 0.6) is 11.5 Å². The lowest BCUT2D eigenvalue weighted by Gasteiger charge is -2.11. The molecule has 0 aliphatic heterocycles. The highest BCUT2D eigenvalue weighted by atomic mass is 16.5. The van der Waals surface area contributed by atoms with Crippen LogP contribution in [0.2, 0.25) is 0 Å². The fraction of sp³-hybridized carbons (Fsp3) is 0.154. The molecule has 0 radical (unpaired) electrons. The Morgan fingerprint density at radius 2 is 1.57 bits per heavy atom. The molecule has 3 aromatic carbocycles. The van der Waals surface area contributed by atoms with Crippen LogP contribution in [0.15, 0.2) is 71.8 Å². The minimum absolute atomic E-state index is 0.216. The number of carbonyl (C=O) groups is 3. The van der Waals surface area contributed by atoms with Gasteiger partial charge in [0.2, 0.25) is 0 Å². The Hall–Kier alpha value is -4.66. The number of carbonyl (C=O) groups excluding carboxylic acids is 3. The largest absolute Gasteiger partial charge is 0.495 e.